The van der Waals surface area contributed by atoms with E-state index in [1.807, 2.05) is 11.3 Å². The fourth-order valence-corrected chi connectivity index (χ4v) is 4.29. The molecule has 2 nitrogen and oxygen atoms in total. The lowest BCUT2D eigenvalue weighted by atomic mass is 9.98. The van der Waals surface area contributed by atoms with Gasteiger partial charge in [0.25, 0.3) is 0 Å². The molecule has 2 fully saturated rings. The minimum absolute atomic E-state index is 0.619. The van der Waals surface area contributed by atoms with Crippen molar-refractivity contribution in [3.05, 3.63) is 22.4 Å². The number of nitrogens with zero attached hydrogens (tertiary/aromatic N) is 1. The van der Waals surface area contributed by atoms with Gasteiger partial charge in [0.1, 0.15) is 0 Å². The standard InChI is InChI=1S/C15H24N2S/c1-11(2)15(14-4-3-9-18-14)17-8-7-16-13(10-17)12-5-6-12/h3-4,9,11-13,15-16H,5-8,10H2,1-2H3. The Hall–Kier alpha value is -0.380. The van der Waals surface area contributed by atoms with E-state index in [9.17, 15) is 0 Å². The Kier molecular flexibility index (Phi) is 3.73. The molecular weight excluding hydrogens is 240 g/mol. The van der Waals surface area contributed by atoms with Crippen LogP contribution in [-0.2, 0) is 0 Å². The SMILES string of the molecule is CC(C)C(c1cccs1)N1CCNC(C2CC2)C1. The molecule has 0 bridgehead atoms. The van der Waals surface area contributed by atoms with Crippen LogP contribution in [0.15, 0.2) is 17.5 Å². The van der Waals surface area contributed by atoms with Gasteiger partial charge >= 0.3 is 0 Å². The number of rotatable bonds is 4. The first-order chi connectivity index (χ1) is 8.75. The Balaban J connectivity index is 1.73. The van der Waals surface area contributed by atoms with Gasteiger partial charge in [-0.25, -0.2) is 0 Å². The van der Waals surface area contributed by atoms with Crippen molar-refractivity contribution in [1.82, 2.24) is 10.2 Å². The first-order valence-electron chi connectivity index (χ1n) is 7.26. The molecule has 1 saturated carbocycles. The number of hydrogen-bond acceptors (Lipinski definition) is 3. The van der Waals surface area contributed by atoms with Crippen LogP contribution in [0.1, 0.15) is 37.6 Å². The van der Waals surface area contributed by atoms with Crippen molar-refractivity contribution in [2.45, 2.75) is 38.8 Å². The first-order valence-corrected chi connectivity index (χ1v) is 8.14. The molecule has 1 aromatic heterocycles. The van der Waals surface area contributed by atoms with Gasteiger partial charge in [-0.1, -0.05) is 19.9 Å². The molecule has 100 valence electrons. The van der Waals surface area contributed by atoms with Crippen LogP contribution in [0.25, 0.3) is 0 Å². The van der Waals surface area contributed by atoms with Crippen LogP contribution in [0.2, 0.25) is 0 Å². The Labute approximate surface area is 114 Å². The van der Waals surface area contributed by atoms with Gasteiger partial charge in [-0.05, 0) is 36.1 Å². The maximum atomic E-state index is 3.71. The lowest BCUT2D eigenvalue weighted by Gasteiger charge is -2.40. The lowest BCUT2D eigenvalue weighted by molar-refractivity contribution is 0.109. The van der Waals surface area contributed by atoms with Crippen molar-refractivity contribution in [3.8, 4) is 0 Å². The van der Waals surface area contributed by atoms with Crippen molar-refractivity contribution in [2.24, 2.45) is 11.8 Å². The minimum atomic E-state index is 0.619. The van der Waals surface area contributed by atoms with Crippen molar-refractivity contribution in [2.75, 3.05) is 19.6 Å². The summed E-state index contributed by atoms with van der Waals surface area (Å²) in [6, 6.07) is 5.87. The third kappa shape index (κ3) is 2.63. The average Bonchev–Trinajstić information content (AvgIpc) is 3.08. The van der Waals surface area contributed by atoms with Crippen LogP contribution in [0.3, 0.4) is 0 Å². The average molecular weight is 264 g/mol. The normalized spacial score (nSPS) is 27.6. The van der Waals surface area contributed by atoms with Crippen molar-refractivity contribution >= 4 is 11.3 Å². The second-order valence-electron chi connectivity index (χ2n) is 6.10. The zero-order chi connectivity index (χ0) is 12.5. The number of piperazine rings is 1. The van der Waals surface area contributed by atoms with Gasteiger partial charge in [-0.3, -0.25) is 4.90 Å². The second kappa shape index (κ2) is 5.32. The van der Waals surface area contributed by atoms with E-state index in [0.29, 0.717) is 12.0 Å². The van der Waals surface area contributed by atoms with Crippen LogP contribution >= 0.6 is 11.3 Å². The molecule has 3 rings (SSSR count). The van der Waals surface area contributed by atoms with Crippen molar-refractivity contribution in [1.29, 1.82) is 0 Å². The molecule has 18 heavy (non-hydrogen) atoms. The Bertz CT molecular complexity index is 370. The molecule has 2 unspecified atom stereocenters. The molecule has 1 aliphatic carbocycles. The maximum Gasteiger partial charge on any atom is 0.0465 e. The van der Waals surface area contributed by atoms with E-state index in [-0.39, 0.29) is 0 Å². The minimum Gasteiger partial charge on any atom is -0.311 e. The van der Waals surface area contributed by atoms with Crippen LogP contribution < -0.4 is 5.32 Å². The highest BCUT2D eigenvalue weighted by Crippen LogP contribution is 2.37. The summed E-state index contributed by atoms with van der Waals surface area (Å²) < 4.78 is 0. The highest BCUT2D eigenvalue weighted by atomic mass is 32.1. The molecule has 2 heterocycles. The van der Waals surface area contributed by atoms with E-state index in [0.717, 1.165) is 18.5 Å². The monoisotopic (exact) mass is 264 g/mol. The predicted molar refractivity (Wildman–Crippen MR) is 78.0 cm³/mol. The lowest BCUT2D eigenvalue weighted by Crippen LogP contribution is -2.53. The van der Waals surface area contributed by atoms with Crippen molar-refractivity contribution in [3.63, 3.8) is 0 Å². The van der Waals surface area contributed by atoms with E-state index in [1.165, 1.54) is 25.9 Å². The van der Waals surface area contributed by atoms with E-state index in [1.54, 1.807) is 4.88 Å². The fraction of sp³-hybridized carbons (Fsp3) is 0.733. The molecule has 0 aromatic carbocycles. The van der Waals surface area contributed by atoms with E-state index < -0.39 is 0 Å². The third-order valence-electron chi connectivity index (χ3n) is 4.29. The molecule has 0 radical (unpaired) electrons. The summed E-state index contributed by atoms with van der Waals surface area (Å²) >= 11 is 1.92. The van der Waals surface area contributed by atoms with E-state index >= 15 is 0 Å². The van der Waals surface area contributed by atoms with Gasteiger partial charge in [0.2, 0.25) is 0 Å². The van der Waals surface area contributed by atoms with Gasteiger partial charge in [-0.2, -0.15) is 0 Å². The predicted octanol–water partition coefficient (Wildman–Crippen LogP) is 3.13. The second-order valence-corrected chi connectivity index (χ2v) is 7.08. The molecule has 1 N–H and O–H groups in total. The number of hydrogen-bond donors (Lipinski definition) is 1. The highest BCUT2D eigenvalue weighted by Gasteiger charge is 2.36. The zero-order valence-corrected chi connectivity index (χ0v) is 12.2. The number of thiophene rings is 1. The molecule has 1 aliphatic heterocycles. The Morgan fingerprint density at radius 3 is 2.83 bits per heavy atom. The summed E-state index contributed by atoms with van der Waals surface area (Å²) in [7, 11) is 0. The quantitative estimate of drug-likeness (QED) is 0.899. The van der Waals surface area contributed by atoms with E-state index in [2.05, 4.69) is 41.6 Å². The van der Waals surface area contributed by atoms with Gasteiger partial charge in [0.05, 0.1) is 0 Å². The maximum absolute atomic E-state index is 3.71. The summed E-state index contributed by atoms with van der Waals surface area (Å²) in [5, 5.41) is 5.93. The van der Waals surface area contributed by atoms with Gasteiger partial charge in [0, 0.05) is 36.6 Å². The Morgan fingerprint density at radius 1 is 1.39 bits per heavy atom. The van der Waals surface area contributed by atoms with E-state index in [4.69, 9.17) is 0 Å². The molecular formula is C15H24N2S. The fourth-order valence-electron chi connectivity index (χ4n) is 3.26. The third-order valence-corrected chi connectivity index (χ3v) is 5.23. The summed E-state index contributed by atoms with van der Waals surface area (Å²) in [5.74, 6) is 1.66. The molecule has 0 spiro atoms. The summed E-state index contributed by atoms with van der Waals surface area (Å²) in [6.45, 7) is 8.32. The van der Waals surface area contributed by atoms with Crippen molar-refractivity contribution < 1.29 is 0 Å². The van der Waals surface area contributed by atoms with Gasteiger partial charge < -0.3 is 5.32 Å². The highest BCUT2D eigenvalue weighted by molar-refractivity contribution is 7.10. The zero-order valence-electron chi connectivity index (χ0n) is 11.4. The molecule has 2 atom stereocenters. The van der Waals surface area contributed by atoms with Gasteiger partial charge in [-0.15, -0.1) is 11.3 Å². The molecule has 0 amide bonds. The van der Waals surface area contributed by atoms with Crippen LogP contribution in [-0.4, -0.2) is 30.6 Å². The summed E-state index contributed by atoms with van der Waals surface area (Å²) in [4.78, 5) is 4.26. The van der Waals surface area contributed by atoms with Crippen LogP contribution in [0, 0.1) is 11.8 Å². The molecule has 1 aromatic rings. The molecule has 2 aliphatic rings. The number of nitrogens with one attached hydrogen (secondary N) is 1. The van der Waals surface area contributed by atoms with Gasteiger partial charge in [0.15, 0.2) is 0 Å². The van der Waals surface area contributed by atoms with Crippen LogP contribution in [0.5, 0.6) is 0 Å². The topological polar surface area (TPSA) is 15.3 Å². The first kappa shape index (κ1) is 12.6. The molecule has 3 heteroatoms. The summed E-state index contributed by atoms with van der Waals surface area (Å²) in [5.41, 5.74) is 0. The van der Waals surface area contributed by atoms with Crippen LogP contribution in [0.4, 0.5) is 0 Å². The molecule has 1 saturated heterocycles. The summed E-state index contributed by atoms with van der Waals surface area (Å²) in [6.07, 6.45) is 2.88. The largest absolute Gasteiger partial charge is 0.311 e. The Morgan fingerprint density at radius 2 is 2.22 bits per heavy atom. The smallest absolute Gasteiger partial charge is 0.0465 e.